The maximum atomic E-state index is 12.8. The highest BCUT2D eigenvalue weighted by Gasteiger charge is 2.44. The van der Waals surface area contributed by atoms with Gasteiger partial charge < -0.3 is 9.64 Å². The largest absolute Gasteiger partial charge is 0.490 e. The second kappa shape index (κ2) is 6.13. The van der Waals surface area contributed by atoms with Gasteiger partial charge in [-0.2, -0.15) is 0 Å². The molecule has 0 spiro atoms. The Morgan fingerprint density at radius 3 is 2.48 bits per heavy atom. The number of thiophene rings is 1. The van der Waals surface area contributed by atoms with E-state index in [2.05, 4.69) is 9.88 Å². The van der Waals surface area contributed by atoms with Gasteiger partial charge in [0, 0.05) is 37.3 Å². The molecule has 2 bridgehead atoms. The van der Waals surface area contributed by atoms with Crippen LogP contribution in [0, 0.1) is 0 Å². The average molecular weight is 349 g/mol. The van der Waals surface area contributed by atoms with Crippen molar-refractivity contribution in [2.24, 2.45) is 0 Å². The van der Waals surface area contributed by atoms with Gasteiger partial charge in [0.1, 0.15) is 11.9 Å². The number of hydrogen-bond acceptors (Lipinski definition) is 4. The number of carbonyl (C=O) groups is 1. The molecular weight excluding hydrogens is 332 g/mol. The normalized spacial score (nSPS) is 26.3. The summed E-state index contributed by atoms with van der Waals surface area (Å²) in [5.74, 6) is 0.978. The predicted molar refractivity (Wildman–Crippen MR) is 90.2 cm³/mol. The number of pyridine rings is 1. The van der Waals surface area contributed by atoms with Gasteiger partial charge in [0.15, 0.2) is 0 Å². The van der Waals surface area contributed by atoms with Crippen LogP contribution in [-0.4, -0.2) is 34.0 Å². The maximum absolute atomic E-state index is 12.8. The van der Waals surface area contributed by atoms with E-state index in [1.165, 1.54) is 11.3 Å². The van der Waals surface area contributed by atoms with Gasteiger partial charge in [-0.15, -0.1) is 11.3 Å². The van der Waals surface area contributed by atoms with Crippen LogP contribution in [0.2, 0.25) is 4.34 Å². The highest BCUT2D eigenvalue weighted by molar-refractivity contribution is 7.17. The maximum Gasteiger partial charge on any atom is 0.264 e. The zero-order chi connectivity index (χ0) is 15.8. The molecular formula is C17H17ClN2O2S. The van der Waals surface area contributed by atoms with E-state index in [-0.39, 0.29) is 24.1 Å². The minimum absolute atomic E-state index is 0.122. The van der Waals surface area contributed by atoms with Crippen LogP contribution in [0.1, 0.15) is 35.4 Å². The van der Waals surface area contributed by atoms with Crippen LogP contribution >= 0.6 is 22.9 Å². The van der Waals surface area contributed by atoms with Gasteiger partial charge in [0.05, 0.1) is 9.21 Å². The minimum atomic E-state index is 0.122. The van der Waals surface area contributed by atoms with Crippen molar-refractivity contribution in [2.75, 3.05) is 0 Å². The van der Waals surface area contributed by atoms with Gasteiger partial charge in [0.2, 0.25) is 0 Å². The fraction of sp³-hybridized carbons (Fsp3) is 0.412. The van der Waals surface area contributed by atoms with Crippen molar-refractivity contribution in [2.45, 2.75) is 43.9 Å². The lowest BCUT2D eigenvalue weighted by molar-refractivity contribution is 0.0363. The number of carbonyl (C=O) groups excluding carboxylic acids is 1. The lowest BCUT2D eigenvalue weighted by Crippen LogP contribution is -2.49. The summed E-state index contributed by atoms with van der Waals surface area (Å²) >= 11 is 7.33. The third kappa shape index (κ3) is 2.95. The van der Waals surface area contributed by atoms with E-state index < -0.39 is 0 Å². The first-order valence-electron chi connectivity index (χ1n) is 7.85. The molecule has 4 nitrogen and oxygen atoms in total. The third-order valence-electron chi connectivity index (χ3n) is 4.66. The molecule has 4 heterocycles. The van der Waals surface area contributed by atoms with Crippen molar-refractivity contribution >= 4 is 28.8 Å². The first kappa shape index (κ1) is 15.0. The van der Waals surface area contributed by atoms with Crippen molar-refractivity contribution in [3.8, 4) is 5.75 Å². The average Bonchev–Trinajstić information content (AvgIpc) is 3.10. The number of fused-ring (bicyclic) bond motifs is 2. The minimum Gasteiger partial charge on any atom is -0.490 e. The molecule has 120 valence electrons. The summed E-state index contributed by atoms with van der Waals surface area (Å²) in [5.41, 5.74) is 0. The smallest absolute Gasteiger partial charge is 0.264 e. The van der Waals surface area contributed by atoms with Crippen LogP contribution in [0.5, 0.6) is 5.75 Å². The summed E-state index contributed by atoms with van der Waals surface area (Å²) in [5, 5.41) is 0. The van der Waals surface area contributed by atoms with E-state index in [0.29, 0.717) is 4.34 Å². The van der Waals surface area contributed by atoms with Crippen molar-refractivity contribution in [1.29, 1.82) is 0 Å². The zero-order valence-corrected chi connectivity index (χ0v) is 14.1. The summed E-state index contributed by atoms with van der Waals surface area (Å²) in [6.45, 7) is 0. The van der Waals surface area contributed by atoms with Crippen LogP contribution in [-0.2, 0) is 0 Å². The van der Waals surface area contributed by atoms with Gasteiger partial charge in [-0.1, -0.05) is 11.6 Å². The van der Waals surface area contributed by atoms with Crippen LogP contribution in [0.4, 0.5) is 0 Å². The number of ether oxygens (including phenoxy) is 1. The Balaban J connectivity index is 1.47. The van der Waals surface area contributed by atoms with Crippen molar-refractivity contribution in [1.82, 2.24) is 9.88 Å². The predicted octanol–water partition coefficient (Wildman–Crippen LogP) is 4.01. The van der Waals surface area contributed by atoms with Gasteiger partial charge in [-0.25, -0.2) is 0 Å². The lowest BCUT2D eigenvalue weighted by atomic mass is 9.99. The van der Waals surface area contributed by atoms with Gasteiger partial charge >= 0.3 is 0 Å². The molecule has 2 unspecified atom stereocenters. The molecule has 2 aromatic heterocycles. The van der Waals surface area contributed by atoms with Gasteiger partial charge in [-0.3, -0.25) is 9.78 Å². The number of piperidine rings is 1. The molecule has 0 aliphatic carbocycles. The van der Waals surface area contributed by atoms with Crippen LogP contribution in [0.15, 0.2) is 36.7 Å². The second-order valence-electron chi connectivity index (χ2n) is 6.10. The molecule has 2 fully saturated rings. The quantitative estimate of drug-likeness (QED) is 0.841. The van der Waals surface area contributed by atoms with Crippen LogP contribution in [0.25, 0.3) is 0 Å². The number of amides is 1. The third-order valence-corrected chi connectivity index (χ3v) is 5.88. The molecule has 0 N–H and O–H groups in total. The molecule has 2 aliphatic heterocycles. The highest BCUT2D eigenvalue weighted by Crippen LogP contribution is 2.39. The van der Waals surface area contributed by atoms with Crippen LogP contribution < -0.4 is 4.74 Å². The van der Waals surface area contributed by atoms with Crippen molar-refractivity contribution in [3.05, 3.63) is 45.9 Å². The summed E-state index contributed by atoms with van der Waals surface area (Å²) in [7, 11) is 0. The van der Waals surface area contributed by atoms with Gasteiger partial charge in [0.25, 0.3) is 5.91 Å². The van der Waals surface area contributed by atoms with Crippen molar-refractivity contribution in [3.63, 3.8) is 0 Å². The van der Waals surface area contributed by atoms with E-state index >= 15 is 0 Å². The Labute approximate surface area is 144 Å². The molecule has 23 heavy (non-hydrogen) atoms. The molecule has 2 atom stereocenters. The molecule has 0 saturated carbocycles. The zero-order valence-electron chi connectivity index (χ0n) is 12.5. The fourth-order valence-electron chi connectivity index (χ4n) is 3.72. The second-order valence-corrected chi connectivity index (χ2v) is 7.81. The lowest BCUT2D eigenvalue weighted by Gasteiger charge is -2.38. The van der Waals surface area contributed by atoms with E-state index in [1.807, 2.05) is 18.2 Å². The first-order valence-corrected chi connectivity index (χ1v) is 9.05. The van der Waals surface area contributed by atoms with Crippen LogP contribution in [0.3, 0.4) is 0 Å². The molecule has 4 rings (SSSR count). The Morgan fingerprint density at radius 1 is 1.17 bits per heavy atom. The van der Waals surface area contributed by atoms with E-state index in [0.717, 1.165) is 36.3 Å². The van der Waals surface area contributed by atoms with E-state index in [4.69, 9.17) is 16.3 Å². The summed E-state index contributed by atoms with van der Waals surface area (Å²) in [4.78, 5) is 19.6. The molecule has 0 aromatic carbocycles. The van der Waals surface area contributed by atoms with E-state index in [9.17, 15) is 4.79 Å². The van der Waals surface area contributed by atoms with E-state index in [1.54, 1.807) is 18.5 Å². The highest BCUT2D eigenvalue weighted by atomic mass is 35.5. The molecule has 1 amide bonds. The topological polar surface area (TPSA) is 42.4 Å². The van der Waals surface area contributed by atoms with Crippen molar-refractivity contribution < 1.29 is 9.53 Å². The number of hydrogen-bond donors (Lipinski definition) is 0. The standard InChI is InChI=1S/C17H17ClN2O2S/c18-16-4-3-15(23-16)17(21)20-11-1-2-12(20)10-14(9-11)22-13-5-7-19-8-6-13/h3-8,11-12,14H,1-2,9-10H2. The number of aromatic nitrogens is 1. The molecule has 2 aliphatic rings. The Bertz CT molecular complexity index is 692. The fourth-order valence-corrected chi connectivity index (χ4v) is 4.71. The van der Waals surface area contributed by atoms with Gasteiger partial charge in [-0.05, 0) is 37.1 Å². The number of halogens is 1. The molecule has 0 radical (unpaired) electrons. The number of rotatable bonds is 3. The summed E-state index contributed by atoms with van der Waals surface area (Å²) < 4.78 is 6.74. The SMILES string of the molecule is O=C(c1ccc(Cl)s1)N1C2CCC1CC(Oc1ccncc1)C2. The molecule has 6 heteroatoms. The summed E-state index contributed by atoms with van der Waals surface area (Å²) in [6.07, 6.45) is 7.56. The molecule has 2 saturated heterocycles. The first-order chi connectivity index (χ1) is 11.2. The Kier molecular flexibility index (Phi) is 3.99. The number of nitrogens with zero attached hydrogens (tertiary/aromatic N) is 2. The monoisotopic (exact) mass is 348 g/mol. The summed E-state index contributed by atoms with van der Waals surface area (Å²) in [6, 6.07) is 7.93. The Hall–Kier alpha value is -1.59. The Morgan fingerprint density at radius 2 is 1.87 bits per heavy atom. The molecule has 2 aromatic rings.